The average molecular weight is 378 g/mol. The Morgan fingerprint density at radius 2 is 1.84 bits per heavy atom. The molecule has 0 fully saturated rings. The van der Waals surface area contributed by atoms with Crippen LogP contribution in [0.3, 0.4) is 0 Å². The third-order valence-electron chi connectivity index (χ3n) is 3.45. The van der Waals surface area contributed by atoms with Crippen molar-refractivity contribution >= 4 is 23.0 Å². The van der Waals surface area contributed by atoms with Crippen LogP contribution in [0, 0.1) is 6.92 Å². The summed E-state index contributed by atoms with van der Waals surface area (Å²) in [5, 5.41) is 2.63. The van der Waals surface area contributed by atoms with Crippen LogP contribution in [0.15, 0.2) is 18.2 Å². The molecule has 8 heteroatoms. The molecule has 4 nitrogen and oxygen atoms in total. The first-order valence-corrected chi connectivity index (χ1v) is 9.19. The minimum Gasteiger partial charge on any atom is -0.598 e. The second kappa shape index (κ2) is 8.91. The van der Waals surface area contributed by atoms with Crippen LogP contribution in [0.5, 0.6) is 0 Å². The van der Waals surface area contributed by atoms with E-state index in [0.29, 0.717) is 30.6 Å². The zero-order valence-corrected chi connectivity index (χ0v) is 15.7. The molecule has 1 atom stereocenters. The quantitative estimate of drug-likeness (QED) is 0.553. The van der Waals surface area contributed by atoms with E-state index in [0.717, 1.165) is 12.1 Å². The standard InChI is InChI=1S/C17H25F3N2O2S/c1-12-11-13(17(18,19)20)8-9-14(12)22-15(23)7-5-6-10-21-25(24)16(2,3)4/h8-9,11,21H,5-7,10H2,1-4H3,(H,22,23). The first kappa shape index (κ1) is 21.8. The van der Waals surface area contributed by atoms with Crippen molar-refractivity contribution < 1.29 is 22.5 Å². The van der Waals surface area contributed by atoms with Crippen molar-refractivity contribution in [3.05, 3.63) is 29.3 Å². The summed E-state index contributed by atoms with van der Waals surface area (Å²) in [5.74, 6) is -0.250. The summed E-state index contributed by atoms with van der Waals surface area (Å²) in [6.45, 7) is 7.68. The first-order chi connectivity index (χ1) is 11.4. The van der Waals surface area contributed by atoms with Gasteiger partial charge < -0.3 is 9.87 Å². The third kappa shape index (κ3) is 7.66. The van der Waals surface area contributed by atoms with Gasteiger partial charge in [0.25, 0.3) is 0 Å². The molecule has 0 aromatic heterocycles. The number of aryl methyl sites for hydroxylation is 1. The maximum Gasteiger partial charge on any atom is 0.416 e. The Kier molecular flexibility index (Phi) is 7.77. The SMILES string of the molecule is Cc1cc(C(F)(F)F)ccc1NC(=O)CCCCN[S+]([O-])C(C)(C)C. The van der Waals surface area contributed by atoms with E-state index in [2.05, 4.69) is 10.0 Å². The number of alkyl halides is 3. The highest BCUT2D eigenvalue weighted by Crippen LogP contribution is 2.31. The molecule has 1 rings (SSSR count). The molecule has 25 heavy (non-hydrogen) atoms. The maximum atomic E-state index is 12.6. The van der Waals surface area contributed by atoms with Gasteiger partial charge in [-0.3, -0.25) is 4.79 Å². The topological polar surface area (TPSA) is 64.2 Å². The molecule has 0 radical (unpaired) electrons. The van der Waals surface area contributed by atoms with Gasteiger partial charge in [0.2, 0.25) is 5.91 Å². The Bertz CT molecular complexity index is 586. The lowest BCUT2D eigenvalue weighted by Crippen LogP contribution is -2.39. The molecule has 1 unspecified atom stereocenters. The van der Waals surface area contributed by atoms with Crippen LogP contribution in [0.25, 0.3) is 0 Å². The molecule has 1 amide bonds. The van der Waals surface area contributed by atoms with E-state index >= 15 is 0 Å². The van der Waals surface area contributed by atoms with Gasteiger partial charge in [0.05, 0.1) is 5.56 Å². The van der Waals surface area contributed by atoms with Gasteiger partial charge in [-0.15, -0.1) is 4.72 Å². The molecule has 0 bridgehead atoms. The summed E-state index contributed by atoms with van der Waals surface area (Å²) < 4.78 is 52.2. The molecular formula is C17H25F3N2O2S. The van der Waals surface area contributed by atoms with E-state index in [9.17, 15) is 22.5 Å². The van der Waals surface area contributed by atoms with Gasteiger partial charge in [0.15, 0.2) is 0 Å². The lowest BCUT2D eigenvalue weighted by Gasteiger charge is -2.23. The molecule has 0 aliphatic heterocycles. The molecule has 0 aliphatic rings. The summed E-state index contributed by atoms with van der Waals surface area (Å²) in [6.07, 6.45) is -2.86. The van der Waals surface area contributed by atoms with Crippen molar-refractivity contribution in [2.24, 2.45) is 0 Å². The predicted molar refractivity (Wildman–Crippen MR) is 94.6 cm³/mol. The molecule has 142 valence electrons. The molecular weight excluding hydrogens is 353 g/mol. The second-order valence-corrected chi connectivity index (χ2v) is 8.86. The molecule has 1 aromatic rings. The molecule has 0 saturated heterocycles. The number of halogens is 3. The van der Waals surface area contributed by atoms with Gasteiger partial charge in [-0.25, -0.2) is 0 Å². The lowest BCUT2D eigenvalue weighted by molar-refractivity contribution is -0.137. The lowest BCUT2D eigenvalue weighted by atomic mass is 10.1. The minimum atomic E-state index is -4.40. The van der Waals surface area contributed by atoms with Crippen molar-refractivity contribution in [2.45, 2.75) is 57.9 Å². The van der Waals surface area contributed by atoms with Crippen LogP contribution in [0.2, 0.25) is 0 Å². The Morgan fingerprint density at radius 1 is 1.20 bits per heavy atom. The summed E-state index contributed by atoms with van der Waals surface area (Å²) in [6, 6.07) is 3.24. The monoisotopic (exact) mass is 378 g/mol. The number of nitrogens with one attached hydrogen (secondary N) is 2. The summed E-state index contributed by atoms with van der Waals surface area (Å²) in [5.41, 5.74) is 0.0105. The smallest absolute Gasteiger partial charge is 0.416 e. The highest BCUT2D eigenvalue weighted by atomic mass is 32.2. The number of carbonyl (C=O) groups excluding carboxylic acids is 1. The number of unbranched alkanes of at least 4 members (excludes halogenated alkanes) is 1. The number of hydrogen-bond acceptors (Lipinski definition) is 3. The van der Waals surface area contributed by atoms with Crippen molar-refractivity contribution in [2.75, 3.05) is 11.9 Å². The van der Waals surface area contributed by atoms with Gasteiger partial charge in [-0.2, -0.15) is 13.2 Å². The van der Waals surface area contributed by atoms with Gasteiger partial charge in [-0.05, 0) is 64.3 Å². The van der Waals surface area contributed by atoms with Crippen LogP contribution in [-0.4, -0.2) is 21.8 Å². The number of amides is 1. The van der Waals surface area contributed by atoms with Crippen molar-refractivity contribution in [3.8, 4) is 0 Å². The Hall–Kier alpha value is -1.25. The molecule has 0 saturated carbocycles. The third-order valence-corrected chi connectivity index (χ3v) is 5.03. The van der Waals surface area contributed by atoms with Crippen molar-refractivity contribution in [1.29, 1.82) is 0 Å². The largest absolute Gasteiger partial charge is 0.598 e. The maximum absolute atomic E-state index is 12.6. The van der Waals surface area contributed by atoms with Crippen LogP contribution >= 0.6 is 0 Å². The highest BCUT2D eigenvalue weighted by Gasteiger charge is 2.30. The van der Waals surface area contributed by atoms with E-state index in [4.69, 9.17) is 0 Å². The van der Waals surface area contributed by atoms with Crippen molar-refractivity contribution in [1.82, 2.24) is 4.72 Å². The van der Waals surface area contributed by atoms with E-state index in [1.807, 2.05) is 20.8 Å². The average Bonchev–Trinajstić information content (AvgIpc) is 2.46. The molecule has 0 heterocycles. The van der Waals surface area contributed by atoms with Gasteiger partial charge in [-0.1, -0.05) is 0 Å². The molecule has 2 N–H and O–H groups in total. The second-order valence-electron chi connectivity index (χ2n) is 6.81. The fourth-order valence-electron chi connectivity index (χ4n) is 1.98. The normalized spacial score (nSPS) is 13.6. The predicted octanol–water partition coefficient (Wildman–Crippen LogP) is 4.17. The highest BCUT2D eigenvalue weighted by molar-refractivity contribution is 7.90. The number of anilines is 1. The molecule has 0 spiro atoms. The van der Waals surface area contributed by atoms with Crippen LogP contribution < -0.4 is 10.0 Å². The summed E-state index contributed by atoms with van der Waals surface area (Å²) in [7, 11) is 0. The van der Waals surface area contributed by atoms with Gasteiger partial charge in [0, 0.05) is 30.0 Å². The minimum absolute atomic E-state index is 0.250. The number of rotatable bonds is 7. The van der Waals surface area contributed by atoms with E-state index in [-0.39, 0.29) is 17.1 Å². The zero-order valence-electron chi connectivity index (χ0n) is 14.9. The Balaban J connectivity index is 2.38. The fourth-order valence-corrected chi connectivity index (χ4v) is 2.75. The van der Waals surface area contributed by atoms with E-state index < -0.39 is 23.1 Å². The van der Waals surface area contributed by atoms with Crippen LogP contribution in [0.4, 0.5) is 18.9 Å². The summed E-state index contributed by atoms with van der Waals surface area (Å²) in [4.78, 5) is 11.9. The zero-order chi connectivity index (χ0) is 19.3. The van der Waals surface area contributed by atoms with Gasteiger partial charge in [0.1, 0.15) is 4.75 Å². The van der Waals surface area contributed by atoms with Crippen molar-refractivity contribution in [3.63, 3.8) is 0 Å². The van der Waals surface area contributed by atoms with Crippen LogP contribution in [0.1, 0.15) is 51.2 Å². The fraction of sp³-hybridized carbons (Fsp3) is 0.588. The van der Waals surface area contributed by atoms with Crippen LogP contribution in [-0.2, 0) is 22.3 Å². The summed E-state index contributed by atoms with van der Waals surface area (Å²) >= 11 is -1.14. The number of benzene rings is 1. The number of carbonyl (C=O) groups is 1. The first-order valence-electron chi connectivity index (χ1n) is 8.04. The Morgan fingerprint density at radius 3 is 2.36 bits per heavy atom. The van der Waals surface area contributed by atoms with E-state index in [1.165, 1.54) is 13.0 Å². The molecule has 1 aromatic carbocycles. The molecule has 0 aliphatic carbocycles. The number of hydrogen-bond donors (Lipinski definition) is 2. The van der Waals surface area contributed by atoms with Gasteiger partial charge >= 0.3 is 6.18 Å². The Labute approximate surface area is 149 Å². The van der Waals surface area contributed by atoms with E-state index in [1.54, 1.807) is 0 Å².